The third-order valence-corrected chi connectivity index (χ3v) is 5.76. The molecule has 5 heteroatoms. The fourth-order valence-corrected chi connectivity index (χ4v) is 3.61. The summed E-state index contributed by atoms with van der Waals surface area (Å²) in [7, 11) is 0. The Morgan fingerprint density at radius 1 is 1.14 bits per heavy atom. The molecule has 3 rings (SSSR count). The predicted octanol–water partition coefficient (Wildman–Crippen LogP) is 5.22. The average molecular weight is 411 g/mol. The lowest BCUT2D eigenvalue weighted by Gasteiger charge is -2.14. The summed E-state index contributed by atoms with van der Waals surface area (Å²) in [4.78, 5) is 9.25. The van der Waals surface area contributed by atoms with E-state index in [9.17, 15) is 0 Å². The maximum absolute atomic E-state index is 6.09. The lowest BCUT2D eigenvalue weighted by molar-refractivity contribution is 0.691. The van der Waals surface area contributed by atoms with Crippen molar-refractivity contribution in [3.05, 3.63) is 38.4 Å². The standard InChI is InChI=1S/C16H17Br2N3/c1-9-8-11(6-7-12(9)17)16-20-14(10-4-2-3-5-10)13(18)15(19)21-16/h6-8,10H,2-5H2,1H3,(H2,19,20,21). The van der Waals surface area contributed by atoms with Crippen molar-refractivity contribution in [3.63, 3.8) is 0 Å². The molecule has 0 saturated heterocycles. The highest BCUT2D eigenvalue weighted by Gasteiger charge is 2.23. The van der Waals surface area contributed by atoms with Gasteiger partial charge in [0.2, 0.25) is 0 Å². The highest BCUT2D eigenvalue weighted by molar-refractivity contribution is 9.11. The molecule has 0 unspecified atom stereocenters. The smallest absolute Gasteiger partial charge is 0.161 e. The van der Waals surface area contributed by atoms with Crippen molar-refractivity contribution < 1.29 is 0 Å². The van der Waals surface area contributed by atoms with Gasteiger partial charge in [-0.25, -0.2) is 9.97 Å². The number of aromatic nitrogens is 2. The van der Waals surface area contributed by atoms with Gasteiger partial charge in [-0.15, -0.1) is 0 Å². The summed E-state index contributed by atoms with van der Waals surface area (Å²) < 4.78 is 1.96. The Hall–Kier alpha value is -0.940. The second-order valence-electron chi connectivity index (χ2n) is 5.58. The van der Waals surface area contributed by atoms with Gasteiger partial charge in [0.1, 0.15) is 5.82 Å². The zero-order valence-corrected chi connectivity index (χ0v) is 15.0. The van der Waals surface area contributed by atoms with Crippen molar-refractivity contribution in [2.75, 3.05) is 5.73 Å². The van der Waals surface area contributed by atoms with E-state index >= 15 is 0 Å². The normalized spacial score (nSPS) is 15.6. The van der Waals surface area contributed by atoms with E-state index in [4.69, 9.17) is 10.7 Å². The predicted molar refractivity (Wildman–Crippen MR) is 93.2 cm³/mol. The zero-order chi connectivity index (χ0) is 15.0. The molecular weight excluding hydrogens is 394 g/mol. The van der Waals surface area contributed by atoms with Gasteiger partial charge in [-0.1, -0.05) is 34.8 Å². The van der Waals surface area contributed by atoms with E-state index < -0.39 is 0 Å². The second kappa shape index (κ2) is 6.05. The second-order valence-corrected chi connectivity index (χ2v) is 7.22. The zero-order valence-electron chi connectivity index (χ0n) is 11.9. The minimum atomic E-state index is 0.500. The lowest BCUT2D eigenvalue weighted by Crippen LogP contribution is -2.06. The highest BCUT2D eigenvalue weighted by Crippen LogP contribution is 2.39. The number of nitrogens with two attached hydrogens (primary N) is 1. The Bertz CT molecular complexity index is 679. The maximum Gasteiger partial charge on any atom is 0.161 e. The first kappa shape index (κ1) is 15.0. The van der Waals surface area contributed by atoms with Crippen molar-refractivity contribution in [1.82, 2.24) is 9.97 Å². The molecule has 0 aliphatic heterocycles. The quantitative estimate of drug-likeness (QED) is 0.738. The van der Waals surface area contributed by atoms with Gasteiger partial charge in [-0.05, 0) is 53.4 Å². The van der Waals surface area contributed by atoms with Crippen LogP contribution in [0, 0.1) is 6.92 Å². The van der Waals surface area contributed by atoms with Gasteiger partial charge in [0.15, 0.2) is 5.82 Å². The number of aryl methyl sites for hydroxylation is 1. The summed E-state index contributed by atoms with van der Waals surface area (Å²) in [6, 6.07) is 6.14. The van der Waals surface area contributed by atoms with Gasteiger partial charge in [0, 0.05) is 16.0 Å². The number of hydrogen-bond acceptors (Lipinski definition) is 3. The Morgan fingerprint density at radius 3 is 2.52 bits per heavy atom. The Morgan fingerprint density at radius 2 is 1.86 bits per heavy atom. The molecule has 1 fully saturated rings. The van der Waals surface area contributed by atoms with Crippen molar-refractivity contribution in [2.45, 2.75) is 38.5 Å². The summed E-state index contributed by atoms with van der Waals surface area (Å²) in [6.07, 6.45) is 4.92. The van der Waals surface area contributed by atoms with Crippen LogP contribution in [-0.2, 0) is 0 Å². The molecule has 0 bridgehead atoms. The van der Waals surface area contributed by atoms with E-state index in [1.807, 2.05) is 12.1 Å². The molecule has 110 valence electrons. The third kappa shape index (κ3) is 2.99. The van der Waals surface area contributed by atoms with Crippen LogP contribution in [0.25, 0.3) is 11.4 Å². The molecule has 1 heterocycles. The third-order valence-electron chi connectivity index (χ3n) is 4.06. The number of halogens is 2. The number of nitrogens with zero attached hydrogens (tertiary/aromatic N) is 2. The van der Waals surface area contributed by atoms with Crippen LogP contribution in [0.2, 0.25) is 0 Å². The number of rotatable bonds is 2. The number of anilines is 1. The first-order valence-electron chi connectivity index (χ1n) is 7.15. The molecule has 2 aromatic rings. The first-order valence-corrected chi connectivity index (χ1v) is 8.74. The van der Waals surface area contributed by atoms with Crippen LogP contribution < -0.4 is 5.73 Å². The molecule has 3 nitrogen and oxygen atoms in total. The SMILES string of the molecule is Cc1cc(-c2nc(N)c(Br)c(C3CCCC3)n2)ccc1Br. The summed E-state index contributed by atoms with van der Waals surface area (Å²) in [6.45, 7) is 2.06. The van der Waals surface area contributed by atoms with E-state index in [1.54, 1.807) is 0 Å². The van der Waals surface area contributed by atoms with Crippen LogP contribution in [0.1, 0.15) is 42.9 Å². The minimum Gasteiger partial charge on any atom is -0.383 e. The molecule has 1 saturated carbocycles. The molecule has 0 spiro atoms. The Balaban J connectivity index is 2.08. The van der Waals surface area contributed by atoms with Crippen LogP contribution >= 0.6 is 31.9 Å². The summed E-state index contributed by atoms with van der Waals surface area (Å²) in [5.41, 5.74) is 9.33. The fourth-order valence-electron chi connectivity index (χ4n) is 2.87. The van der Waals surface area contributed by atoms with E-state index in [-0.39, 0.29) is 0 Å². The van der Waals surface area contributed by atoms with E-state index in [1.165, 1.54) is 31.2 Å². The van der Waals surface area contributed by atoms with Gasteiger partial charge in [-0.2, -0.15) is 0 Å². The van der Waals surface area contributed by atoms with Gasteiger partial charge in [0.25, 0.3) is 0 Å². The van der Waals surface area contributed by atoms with Crippen molar-refractivity contribution >= 4 is 37.7 Å². The van der Waals surface area contributed by atoms with Crippen LogP contribution in [-0.4, -0.2) is 9.97 Å². The molecule has 21 heavy (non-hydrogen) atoms. The molecule has 1 aliphatic carbocycles. The Kier molecular flexibility index (Phi) is 4.31. The van der Waals surface area contributed by atoms with Crippen LogP contribution in [0.4, 0.5) is 5.82 Å². The summed E-state index contributed by atoms with van der Waals surface area (Å²) in [5, 5.41) is 0. The highest BCUT2D eigenvalue weighted by atomic mass is 79.9. The topological polar surface area (TPSA) is 51.8 Å². The molecule has 1 aromatic heterocycles. The van der Waals surface area contributed by atoms with Crippen LogP contribution in [0.15, 0.2) is 27.1 Å². The lowest BCUT2D eigenvalue weighted by atomic mass is 10.0. The fraction of sp³-hybridized carbons (Fsp3) is 0.375. The molecule has 0 atom stereocenters. The first-order chi connectivity index (χ1) is 10.1. The van der Waals surface area contributed by atoms with Crippen molar-refractivity contribution in [1.29, 1.82) is 0 Å². The van der Waals surface area contributed by atoms with Gasteiger partial charge >= 0.3 is 0 Å². The number of benzene rings is 1. The molecule has 1 aromatic carbocycles. The minimum absolute atomic E-state index is 0.500. The maximum atomic E-state index is 6.09. The average Bonchev–Trinajstić information content (AvgIpc) is 2.98. The van der Waals surface area contributed by atoms with Crippen molar-refractivity contribution in [2.24, 2.45) is 0 Å². The largest absolute Gasteiger partial charge is 0.383 e. The number of hydrogen-bond donors (Lipinski definition) is 1. The molecule has 0 amide bonds. The molecular formula is C16H17Br2N3. The van der Waals surface area contributed by atoms with Gasteiger partial charge < -0.3 is 5.73 Å². The van der Waals surface area contributed by atoms with Gasteiger partial charge in [0.05, 0.1) is 10.2 Å². The van der Waals surface area contributed by atoms with E-state index in [0.29, 0.717) is 17.6 Å². The van der Waals surface area contributed by atoms with E-state index in [2.05, 4.69) is 49.8 Å². The molecule has 2 N–H and O–H groups in total. The molecule has 0 radical (unpaired) electrons. The van der Waals surface area contributed by atoms with Crippen molar-refractivity contribution in [3.8, 4) is 11.4 Å². The van der Waals surface area contributed by atoms with E-state index in [0.717, 1.165) is 20.2 Å². The number of nitrogen functional groups attached to an aromatic ring is 1. The summed E-state index contributed by atoms with van der Waals surface area (Å²) >= 11 is 7.09. The molecule has 1 aliphatic rings. The Labute approximate surface area is 141 Å². The monoisotopic (exact) mass is 409 g/mol. The van der Waals surface area contributed by atoms with Crippen LogP contribution in [0.5, 0.6) is 0 Å². The van der Waals surface area contributed by atoms with Crippen LogP contribution in [0.3, 0.4) is 0 Å². The summed E-state index contributed by atoms with van der Waals surface area (Å²) in [5.74, 6) is 1.75. The van der Waals surface area contributed by atoms with Gasteiger partial charge in [-0.3, -0.25) is 0 Å².